The van der Waals surface area contributed by atoms with Crippen molar-refractivity contribution in [1.82, 2.24) is 15.0 Å². The highest BCUT2D eigenvalue weighted by Gasteiger charge is 2.31. The summed E-state index contributed by atoms with van der Waals surface area (Å²) in [5.41, 5.74) is -0.239. The number of nitrogens with zero attached hydrogens (tertiary/aromatic N) is 4. The van der Waals surface area contributed by atoms with Gasteiger partial charge in [0.15, 0.2) is 0 Å². The highest BCUT2D eigenvalue weighted by molar-refractivity contribution is 6.30. The largest absolute Gasteiger partial charge is 0.573 e. The van der Waals surface area contributed by atoms with Crippen LogP contribution in [0.5, 0.6) is 5.75 Å². The van der Waals surface area contributed by atoms with Gasteiger partial charge < -0.3 is 15.4 Å². The van der Waals surface area contributed by atoms with E-state index in [-0.39, 0.29) is 23.1 Å². The normalized spacial score (nSPS) is 11.0. The summed E-state index contributed by atoms with van der Waals surface area (Å²) in [6.45, 7) is 0. The molecule has 0 saturated carbocycles. The summed E-state index contributed by atoms with van der Waals surface area (Å²) in [6, 6.07) is 7.65. The van der Waals surface area contributed by atoms with Gasteiger partial charge in [-0.05, 0) is 36.4 Å². The van der Waals surface area contributed by atoms with Crippen molar-refractivity contribution in [1.29, 1.82) is 0 Å². The molecule has 0 fully saturated rings. The van der Waals surface area contributed by atoms with Crippen LogP contribution in [0.25, 0.3) is 0 Å². The smallest absolute Gasteiger partial charge is 0.406 e. The van der Waals surface area contributed by atoms with Gasteiger partial charge in [-0.15, -0.1) is 13.2 Å². The molecule has 2 N–H and O–H groups in total. The molecule has 9 nitrogen and oxygen atoms in total. The van der Waals surface area contributed by atoms with Gasteiger partial charge in [0.1, 0.15) is 17.9 Å². The molecular weight excluding hydrogens is 417 g/mol. The first-order chi connectivity index (χ1) is 13.7. The van der Waals surface area contributed by atoms with Crippen LogP contribution in [-0.2, 0) is 0 Å². The molecule has 0 aliphatic heterocycles. The van der Waals surface area contributed by atoms with Gasteiger partial charge in [-0.25, -0.2) is 15.0 Å². The van der Waals surface area contributed by atoms with Crippen LogP contribution in [0, 0.1) is 10.1 Å². The summed E-state index contributed by atoms with van der Waals surface area (Å²) in [4.78, 5) is 22.5. The Morgan fingerprint density at radius 2 is 1.66 bits per heavy atom. The fraction of sp³-hybridized carbons (Fsp3) is 0.0625. The van der Waals surface area contributed by atoms with Crippen LogP contribution in [0.3, 0.4) is 0 Å². The first-order valence-corrected chi connectivity index (χ1v) is 8.10. The van der Waals surface area contributed by atoms with Crippen molar-refractivity contribution >= 4 is 40.4 Å². The number of nitrogens with one attached hydrogen (secondary N) is 2. The number of rotatable bonds is 6. The molecule has 2 aromatic heterocycles. The molecule has 2 heterocycles. The maximum absolute atomic E-state index is 12.2. The molecule has 0 saturated heterocycles. The van der Waals surface area contributed by atoms with Crippen molar-refractivity contribution < 1.29 is 22.8 Å². The topological polar surface area (TPSA) is 115 Å². The molecule has 0 spiro atoms. The van der Waals surface area contributed by atoms with Gasteiger partial charge in [-0.1, -0.05) is 11.6 Å². The second-order valence-corrected chi connectivity index (χ2v) is 5.80. The minimum absolute atomic E-state index is 0.139. The molecular formula is C16H10ClF3N6O3. The van der Waals surface area contributed by atoms with E-state index < -0.39 is 22.7 Å². The average Bonchev–Trinajstić information content (AvgIpc) is 2.64. The molecule has 29 heavy (non-hydrogen) atoms. The lowest BCUT2D eigenvalue weighted by atomic mass is 10.3. The molecule has 0 aliphatic rings. The van der Waals surface area contributed by atoms with Crippen LogP contribution in [-0.4, -0.2) is 26.2 Å². The number of benzene rings is 1. The third-order valence-corrected chi connectivity index (χ3v) is 3.55. The number of ether oxygens (including phenoxy) is 1. The fourth-order valence-electron chi connectivity index (χ4n) is 2.18. The van der Waals surface area contributed by atoms with Crippen molar-refractivity contribution in [3.05, 3.63) is 64.1 Å². The molecule has 1 aromatic carbocycles. The number of hydrogen-bond donors (Lipinski definition) is 2. The molecule has 13 heteroatoms. The lowest BCUT2D eigenvalue weighted by molar-refractivity contribution is -0.383. The summed E-state index contributed by atoms with van der Waals surface area (Å²) in [7, 11) is 0. The zero-order valence-electron chi connectivity index (χ0n) is 14.1. The molecule has 3 aromatic rings. The summed E-state index contributed by atoms with van der Waals surface area (Å²) >= 11 is 5.75. The number of nitro groups is 1. The van der Waals surface area contributed by atoms with E-state index in [0.717, 1.165) is 18.5 Å². The van der Waals surface area contributed by atoms with E-state index in [1.807, 2.05) is 0 Å². The fourth-order valence-corrected chi connectivity index (χ4v) is 2.29. The number of hydrogen-bond acceptors (Lipinski definition) is 8. The molecule has 0 bridgehead atoms. The Kier molecular flexibility index (Phi) is 5.64. The predicted molar refractivity (Wildman–Crippen MR) is 97.6 cm³/mol. The molecule has 0 unspecified atom stereocenters. The van der Waals surface area contributed by atoms with E-state index in [1.165, 1.54) is 30.5 Å². The summed E-state index contributed by atoms with van der Waals surface area (Å²) in [5.74, 6) is -0.488. The third-order valence-electron chi connectivity index (χ3n) is 3.33. The van der Waals surface area contributed by atoms with Gasteiger partial charge in [0, 0.05) is 11.9 Å². The number of alkyl halides is 3. The van der Waals surface area contributed by atoms with E-state index >= 15 is 0 Å². The maximum atomic E-state index is 12.2. The van der Waals surface area contributed by atoms with Crippen molar-refractivity contribution in [3.8, 4) is 5.75 Å². The van der Waals surface area contributed by atoms with Gasteiger partial charge in [-0.2, -0.15) is 0 Å². The van der Waals surface area contributed by atoms with Crippen molar-refractivity contribution in [3.63, 3.8) is 0 Å². The van der Waals surface area contributed by atoms with Gasteiger partial charge in [0.25, 0.3) is 0 Å². The Bertz CT molecular complexity index is 1020. The average molecular weight is 427 g/mol. The highest BCUT2D eigenvalue weighted by Crippen LogP contribution is 2.33. The van der Waals surface area contributed by atoms with Crippen LogP contribution in [0.1, 0.15) is 0 Å². The van der Waals surface area contributed by atoms with Crippen molar-refractivity contribution in [2.75, 3.05) is 10.6 Å². The monoisotopic (exact) mass is 426 g/mol. The maximum Gasteiger partial charge on any atom is 0.573 e. The van der Waals surface area contributed by atoms with E-state index in [4.69, 9.17) is 11.6 Å². The molecule has 0 atom stereocenters. The van der Waals surface area contributed by atoms with Gasteiger partial charge in [0.2, 0.25) is 11.6 Å². The lowest BCUT2D eigenvalue weighted by Gasteiger charge is -2.11. The van der Waals surface area contributed by atoms with Crippen LogP contribution in [0.4, 0.5) is 42.0 Å². The van der Waals surface area contributed by atoms with Crippen LogP contribution < -0.4 is 15.4 Å². The molecule has 150 valence electrons. The Morgan fingerprint density at radius 1 is 1.00 bits per heavy atom. The molecule has 0 radical (unpaired) electrons. The summed E-state index contributed by atoms with van der Waals surface area (Å²) < 4.78 is 40.5. The third kappa shape index (κ3) is 5.42. The Balaban J connectivity index is 1.85. The summed E-state index contributed by atoms with van der Waals surface area (Å²) in [5, 5.41) is 17.3. The Hall–Kier alpha value is -3.67. The van der Waals surface area contributed by atoms with Gasteiger partial charge in [0.05, 0.1) is 9.95 Å². The number of halogens is 4. The van der Waals surface area contributed by atoms with Crippen molar-refractivity contribution in [2.45, 2.75) is 6.36 Å². The molecule has 0 aliphatic carbocycles. The van der Waals surface area contributed by atoms with E-state index in [2.05, 4.69) is 30.3 Å². The first-order valence-electron chi connectivity index (χ1n) is 7.72. The minimum atomic E-state index is -4.82. The highest BCUT2D eigenvalue weighted by atomic mass is 35.5. The van der Waals surface area contributed by atoms with E-state index in [0.29, 0.717) is 5.02 Å². The van der Waals surface area contributed by atoms with Crippen LogP contribution in [0.2, 0.25) is 5.02 Å². The summed E-state index contributed by atoms with van der Waals surface area (Å²) in [6.07, 6.45) is -2.40. The number of aromatic nitrogens is 3. The quantitative estimate of drug-likeness (QED) is 0.426. The van der Waals surface area contributed by atoms with Gasteiger partial charge >= 0.3 is 12.0 Å². The number of anilines is 4. The lowest BCUT2D eigenvalue weighted by Crippen LogP contribution is -2.17. The van der Waals surface area contributed by atoms with Crippen LogP contribution >= 0.6 is 11.6 Å². The second-order valence-electron chi connectivity index (χ2n) is 5.36. The van der Waals surface area contributed by atoms with E-state index in [9.17, 15) is 23.3 Å². The van der Waals surface area contributed by atoms with Gasteiger partial charge in [-0.3, -0.25) is 10.1 Å². The minimum Gasteiger partial charge on any atom is -0.406 e. The molecule has 0 amide bonds. The standard InChI is InChI=1S/C16H10ClF3N6O3/c17-9-1-6-12(21-7-9)25-15-13(26(27)28)14(22-8-23-15)24-10-2-4-11(5-3-10)29-16(18,19)20/h1-8H,(H2,21,22,23,24,25). The molecule has 3 rings (SSSR count). The van der Waals surface area contributed by atoms with Crippen molar-refractivity contribution in [2.24, 2.45) is 0 Å². The zero-order valence-corrected chi connectivity index (χ0v) is 14.9. The van der Waals surface area contributed by atoms with Crippen LogP contribution in [0.15, 0.2) is 48.9 Å². The number of pyridine rings is 1. The SMILES string of the molecule is O=[N+]([O-])c1c(Nc2ccc(OC(F)(F)F)cc2)ncnc1Nc1ccc(Cl)cn1. The zero-order chi connectivity index (χ0) is 21.0. The predicted octanol–water partition coefficient (Wildman–Crippen LogP) is 4.82. The Labute approximate surface area is 165 Å². The Morgan fingerprint density at radius 3 is 2.21 bits per heavy atom. The second kappa shape index (κ2) is 8.14. The first kappa shape index (κ1) is 20.1. The van der Waals surface area contributed by atoms with E-state index in [1.54, 1.807) is 0 Å².